The molecule has 96 valence electrons. The van der Waals surface area contributed by atoms with Crippen molar-refractivity contribution >= 4 is 0 Å². The monoisotopic (exact) mass is 227 g/mol. The Hall–Kier alpha value is -0.0800. The van der Waals surface area contributed by atoms with Crippen LogP contribution in [0.1, 0.15) is 65.2 Å². The number of hydrogen-bond acceptors (Lipinski definition) is 2. The zero-order valence-electron chi connectivity index (χ0n) is 11.3. The minimum Gasteiger partial charge on any atom is -0.378 e. The highest BCUT2D eigenvalue weighted by Crippen LogP contribution is 2.39. The molecule has 1 rings (SSSR count). The fraction of sp³-hybridized carbons (Fsp3) is 1.00. The molecular weight excluding hydrogens is 198 g/mol. The third-order valence-corrected chi connectivity index (χ3v) is 3.91. The topological polar surface area (TPSA) is 21.3 Å². The van der Waals surface area contributed by atoms with E-state index < -0.39 is 0 Å². The van der Waals surface area contributed by atoms with Gasteiger partial charge in [0.2, 0.25) is 0 Å². The van der Waals surface area contributed by atoms with Crippen LogP contribution in [0.2, 0.25) is 0 Å². The van der Waals surface area contributed by atoms with Crippen molar-refractivity contribution in [3.8, 4) is 0 Å². The lowest BCUT2D eigenvalue weighted by molar-refractivity contribution is -0.0839. The summed E-state index contributed by atoms with van der Waals surface area (Å²) >= 11 is 0. The van der Waals surface area contributed by atoms with Gasteiger partial charge in [0.1, 0.15) is 0 Å². The first-order valence-electron chi connectivity index (χ1n) is 7.05. The van der Waals surface area contributed by atoms with Crippen molar-refractivity contribution in [2.24, 2.45) is 0 Å². The van der Waals surface area contributed by atoms with E-state index >= 15 is 0 Å². The first-order chi connectivity index (χ1) is 7.76. The standard InChI is InChI=1S/C14H29NO/c1-4-6-8-13(15-11-5-2)12-14(16-3)9-7-10-14/h13,15H,4-12H2,1-3H3. The molecule has 1 unspecified atom stereocenters. The van der Waals surface area contributed by atoms with E-state index in [4.69, 9.17) is 4.74 Å². The molecule has 1 saturated carbocycles. The van der Waals surface area contributed by atoms with Gasteiger partial charge in [0.25, 0.3) is 0 Å². The summed E-state index contributed by atoms with van der Waals surface area (Å²) in [6, 6.07) is 0.667. The summed E-state index contributed by atoms with van der Waals surface area (Å²) in [6.45, 7) is 5.65. The van der Waals surface area contributed by atoms with Crippen molar-refractivity contribution < 1.29 is 4.74 Å². The number of rotatable bonds is 9. The molecule has 0 aliphatic heterocycles. The molecule has 0 spiro atoms. The lowest BCUT2D eigenvalue weighted by atomic mass is 9.75. The summed E-state index contributed by atoms with van der Waals surface area (Å²) in [5, 5.41) is 3.68. The number of unbranched alkanes of at least 4 members (excludes halogenated alkanes) is 1. The van der Waals surface area contributed by atoms with E-state index in [1.54, 1.807) is 0 Å². The molecule has 0 heterocycles. The summed E-state index contributed by atoms with van der Waals surface area (Å²) in [5.41, 5.74) is 0.221. The second-order valence-electron chi connectivity index (χ2n) is 5.24. The smallest absolute Gasteiger partial charge is 0.0693 e. The quantitative estimate of drug-likeness (QED) is 0.651. The van der Waals surface area contributed by atoms with Gasteiger partial charge in [-0.2, -0.15) is 0 Å². The molecule has 0 amide bonds. The van der Waals surface area contributed by atoms with Gasteiger partial charge < -0.3 is 10.1 Å². The molecule has 0 aromatic carbocycles. The van der Waals surface area contributed by atoms with Crippen LogP contribution in [0.15, 0.2) is 0 Å². The molecule has 1 atom stereocenters. The predicted octanol–water partition coefficient (Wildman–Crippen LogP) is 3.50. The van der Waals surface area contributed by atoms with E-state index in [-0.39, 0.29) is 5.60 Å². The van der Waals surface area contributed by atoms with E-state index in [9.17, 15) is 0 Å². The Balaban J connectivity index is 2.34. The number of methoxy groups -OCH3 is 1. The maximum absolute atomic E-state index is 5.72. The molecule has 1 aliphatic carbocycles. The van der Waals surface area contributed by atoms with Crippen LogP contribution in [0.25, 0.3) is 0 Å². The van der Waals surface area contributed by atoms with E-state index in [0.29, 0.717) is 6.04 Å². The van der Waals surface area contributed by atoms with Crippen molar-refractivity contribution in [2.75, 3.05) is 13.7 Å². The van der Waals surface area contributed by atoms with Crippen LogP contribution < -0.4 is 5.32 Å². The minimum absolute atomic E-state index is 0.221. The molecule has 0 saturated heterocycles. The van der Waals surface area contributed by atoms with Crippen molar-refractivity contribution in [3.63, 3.8) is 0 Å². The SMILES string of the molecule is CCCCC(CC1(OC)CCC1)NCCC. The average molecular weight is 227 g/mol. The van der Waals surface area contributed by atoms with E-state index in [0.717, 1.165) is 6.54 Å². The zero-order chi connectivity index (χ0) is 11.9. The summed E-state index contributed by atoms with van der Waals surface area (Å²) in [6.07, 6.45) is 10.3. The highest BCUT2D eigenvalue weighted by molar-refractivity contribution is 4.93. The summed E-state index contributed by atoms with van der Waals surface area (Å²) < 4.78 is 5.72. The van der Waals surface area contributed by atoms with Gasteiger partial charge in [-0.25, -0.2) is 0 Å². The third-order valence-electron chi connectivity index (χ3n) is 3.91. The second kappa shape index (κ2) is 7.29. The fourth-order valence-electron chi connectivity index (χ4n) is 2.59. The average Bonchev–Trinajstić information content (AvgIpc) is 2.26. The number of ether oxygens (including phenoxy) is 1. The lowest BCUT2D eigenvalue weighted by Crippen LogP contribution is -2.46. The van der Waals surface area contributed by atoms with Gasteiger partial charge in [-0.05, 0) is 45.1 Å². The van der Waals surface area contributed by atoms with Gasteiger partial charge in [0.15, 0.2) is 0 Å². The first kappa shape index (κ1) is 14.0. The van der Waals surface area contributed by atoms with Crippen molar-refractivity contribution in [1.82, 2.24) is 5.32 Å². The van der Waals surface area contributed by atoms with Crippen LogP contribution in [0, 0.1) is 0 Å². The zero-order valence-corrected chi connectivity index (χ0v) is 11.3. The van der Waals surface area contributed by atoms with Crippen LogP contribution in [-0.4, -0.2) is 25.3 Å². The Morgan fingerprint density at radius 2 is 2.00 bits per heavy atom. The molecule has 0 radical (unpaired) electrons. The van der Waals surface area contributed by atoms with Crippen LogP contribution in [0.4, 0.5) is 0 Å². The predicted molar refractivity (Wildman–Crippen MR) is 69.8 cm³/mol. The summed E-state index contributed by atoms with van der Waals surface area (Å²) in [4.78, 5) is 0. The largest absolute Gasteiger partial charge is 0.378 e. The van der Waals surface area contributed by atoms with Gasteiger partial charge in [-0.3, -0.25) is 0 Å². The van der Waals surface area contributed by atoms with Gasteiger partial charge in [0.05, 0.1) is 5.60 Å². The molecule has 0 bridgehead atoms. The van der Waals surface area contributed by atoms with Gasteiger partial charge >= 0.3 is 0 Å². The van der Waals surface area contributed by atoms with Crippen LogP contribution in [0.3, 0.4) is 0 Å². The molecule has 1 aliphatic rings. The Bertz CT molecular complexity index is 164. The Morgan fingerprint density at radius 1 is 1.25 bits per heavy atom. The molecule has 1 fully saturated rings. The lowest BCUT2D eigenvalue weighted by Gasteiger charge is -2.43. The Morgan fingerprint density at radius 3 is 2.44 bits per heavy atom. The molecular formula is C14H29NO. The summed E-state index contributed by atoms with van der Waals surface area (Å²) in [5.74, 6) is 0. The van der Waals surface area contributed by atoms with Crippen molar-refractivity contribution in [2.45, 2.75) is 76.9 Å². The Kier molecular flexibility index (Phi) is 6.37. The maximum Gasteiger partial charge on any atom is 0.0693 e. The van der Waals surface area contributed by atoms with Crippen molar-refractivity contribution in [3.05, 3.63) is 0 Å². The summed E-state index contributed by atoms with van der Waals surface area (Å²) in [7, 11) is 1.88. The molecule has 0 aromatic rings. The van der Waals surface area contributed by atoms with Gasteiger partial charge in [-0.15, -0.1) is 0 Å². The second-order valence-corrected chi connectivity index (χ2v) is 5.24. The first-order valence-corrected chi connectivity index (χ1v) is 7.05. The molecule has 0 aromatic heterocycles. The molecule has 1 N–H and O–H groups in total. The highest BCUT2D eigenvalue weighted by Gasteiger charge is 2.38. The van der Waals surface area contributed by atoms with Crippen LogP contribution in [0.5, 0.6) is 0 Å². The van der Waals surface area contributed by atoms with Crippen LogP contribution in [-0.2, 0) is 4.74 Å². The van der Waals surface area contributed by atoms with Gasteiger partial charge in [0, 0.05) is 13.2 Å². The van der Waals surface area contributed by atoms with E-state index in [1.165, 1.54) is 51.4 Å². The van der Waals surface area contributed by atoms with Gasteiger partial charge in [-0.1, -0.05) is 26.7 Å². The highest BCUT2D eigenvalue weighted by atomic mass is 16.5. The maximum atomic E-state index is 5.72. The minimum atomic E-state index is 0.221. The molecule has 2 nitrogen and oxygen atoms in total. The molecule has 2 heteroatoms. The number of nitrogens with one attached hydrogen (secondary N) is 1. The number of hydrogen-bond donors (Lipinski definition) is 1. The molecule has 16 heavy (non-hydrogen) atoms. The normalized spacial score (nSPS) is 20.4. The van der Waals surface area contributed by atoms with E-state index in [1.807, 2.05) is 7.11 Å². The van der Waals surface area contributed by atoms with E-state index in [2.05, 4.69) is 19.2 Å². The van der Waals surface area contributed by atoms with Crippen LogP contribution >= 0.6 is 0 Å². The third kappa shape index (κ3) is 4.06. The van der Waals surface area contributed by atoms with Crippen molar-refractivity contribution in [1.29, 1.82) is 0 Å². The fourth-order valence-corrected chi connectivity index (χ4v) is 2.59. The Labute approximate surface area is 101 Å².